The summed E-state index contributed by atoms with van der Waals surface area (Å²) in [7, 11) is -1.91. The third kappa shape index (κ3) is 4.08. The summed E-state index contributed by atoms with van der Waals surface area (Å²) in [4.78, 5) is 0. The van der Waals surface area contributed by atoms with Crippen LogP contribution < -0.4 is 4.43 Å². The molecule has 0 unspecified atom stereocenters. The van der Waals surface area contributed by atoms with E-state index in [4.69, 9.17) is 8.84 Å². The van der Waals surface area contributed by atoms with E-state index in [1.807, 2.05) is 6.26 Å². The number of rotatable bonds is 5. The van der Waals surface area contributed by atoms with Crippen molar-refractivity contribution in [2.45, 2.75) is 65.1 Å². The maximum absolute atomic E-state index is 6.47. The van der Waals surface area contributed by atoms with Crippen molar-refractivity contribution in [3.63, 3.8) is 0 Å². The lowest BCUT2D eigenvalue weighted by molar-refractivity contribution is 0.362. The van der Waals surface area contributed by atoms with E-state index in [0.29, 0.717) is 5.92 Å². The zero-order valence-corrected chi connectivity index (χ0v) is 16.6. The molecular formula is C20H30O2Si. The highest BCUT2D eigenvalue weighted by atomic mass is 28.4. The molecule has 23 heavy (non-hydrogen) atoms. The molecule has 0 radical (unpaired) electrons. The normalized spacial score (nSPS) is 12.7. The molecule has 0 saturated heterocycles. The van der Waals surface area contributed by atoms with Crippen molar-refractivity contribution in [2.24, 2.45) is 0 Å². The molecule has 0 spiro atoms. The zero-order valence-electron chi connectivity index (χ0n) is 15.6. The SMILES string of the molecule is CC(C)c1coc(O[Si](C)(C)C(C)(C)C)c1Cc1ccccc1. The van der Waals surface area contributed by atoms with Gasteiger partial charge in [0.1, 0.15) is 0 Å². The molecule has 0 amide bonds. The Balaban J connectivity index is 2.37. The van der Waals surface area contributed by atoms with Gasteiger partial charge in [0.25, 0.3) is 14.3 Å². The van der Waals surface area contributed by atoms with Gasteiger partial charge in [-0.15, -0.1) is 0 Å². The van der Waals surface area contributed by atoms with Crippen LogP contribution in [0.25, 0.3) is 0 Å². The average Bonchev–Trinajstić information content (AvgIpc) is 2.81. The van der Waals surface area contributed by atoms with Crippen molar-refractivity contribution in [2.75, 3.05) is 0 Å². The van der Waals surface area contributed by atoms with Gasteiger partial charge in [0, 0.05) is 17.5 Å². The number of hydrogen-bond acceptors (Lipinski definition) is 2. The Morgan fingerprint density at radius 1 is 1.09 bits per heavy atom. The second kappa shape index (κ2) is 6.56. The van der Waals surface area contributed by atoms with Crippen LogP contribution in [-0.4, -0.2) is 8.32 Å². The van der Waals surface area contributed by atoms with E-state index in [-0.39, 0.29) is 5.04 Å². The van der Waals surface area contributed by atoms with E-state index in [1.165, 1.54) is 16.7 Å². The first-order valence-electron chi connectivity index (χ1n) is 8.45. The van der Waals surface area contributed by atoms with Gasteiger partial charge in [0.15, 0.2) is 0 Å². The van der Waals surface area contributed by atoms with E-state index in [1.54, 1.807) is 0 Å². The van der Waals surface area contributed by atoms with Crippen LogP contribution in [0.15, 0.2) is 41.0 Å². The Bertz CT molecular complexity index is 633. The van der Waals surface area contributed by atoms with E-state index >= 15 is 0 Å². The van der Waals surface area contributed by atoms with Gasteiger partial charge in [-0.25, -0.2) is 0 Å². The van der Waals surface area contributed by atoms with Crippen LogP contribution in [0.3, 0.4) is 0 Å². The molecule has 0 aliphatic rings. The Morgan fingerprint density at radius 3 is 2.22 bits per heavy atom. The molecule has 0 N–H and O–H groups in total. The van der Waals surface area contributed by atoms with Gasteiger partial charge in [-0.05, 0) is 29.6 Å². The van der Waals surface area contributed by atoms with Crippen LogP contribution in [0, 0.1) is 0 Å². The molecule has 0 aliphatic carbocycles. The minimum absolute atomic E-state index is 0.155. The van der Waals surface area contributed by atoms with Gasteiger partial charge in [-0.2, -0.15) is 0 Å². The molecule has 2 rings (SSSR count). The second-order valence-electron chi connectivity index (χ2n) is 8.14. The van der Waals surface area contributed by atoms with Crippen LogP contribution in [0.1, 0.15) is 57.2 Å². The highest BCUT2D eigenvalue weighted by molar-refractivity contribution is 6.74. The third-order valence-corrected chi connectivity index (χ3v) is 9.20. The summed E-state index contributed by atoms with van der Waals surface area (Å²) in [5, 5.41) is 0.155. The Kier molecular flexibility index (Phi) is 5.09. The molecule has 3 heteroatoms. The highest BCUT2D eigenvalue weighted by Gasteiger charge is 2.40. The van der Waals surface area contributed by atoms with Crippen molar-refractivity contribution in [1.29, 1.82) is 0 Å². The second-order valence-corrected chi connectivity index (χ2v) is 12.9. The topological polar surface area (TPSA) is 22.4 Å². The summed E-state index contributed by atoms with van der Waals surface area (Å²) in [6, 6.07) is 10.5. The van der Waals surface area contributed by atoms with E-state index in [9.17, 15) is 0 Å². The minimum atomic E-state index is -1.91. The largest absolute Gasteiger partial charge is 0.518 e. The predicted octanol–water partition coefficient (Wildman–Crippen LogP) is 6.38. The van der Waals surface area contributed by atoms with Crippen molar-refractivity contribution in [3.8, 4) is 5.95 Å². The molecular weight excluding hydrogens is 300 g/mol. The van der Waals surface area contributed by atoms with Gasteiger partial charge < -0.3 is 8.84 Å². The summed E-state index contributed by atoms with van der Waals surface area (Å²) < 4.78 is 12.3. The Morgan fingerprint density at radius 2 is 1.70 bits per heavy atom. The fraction of sp³-hybridized carbons (Fsp3) is 0.500. The number of benzene rings is 1. The van der Waals surface area contributed by atoms with E-state index < -0.39 is 8.32 Å². The molecule has 2 aromatic rings. The van der Waals surface area contributed by atoms with Crippen molar-refractivity contribution < 1.29 is 8.84 Å². The lowest BCUT2D eigenvalue weighted by Gasteiger charge is -2.35. The van der Waals surface area contributed by atoms with E-state index in [0.717, 1.165) is 12.4 Å². The molecule has 0 fully saturated rings. The molecule has 1 aromatic heterocycles. The maximum atomic E-state index is 6.47. The number of hydrogen-bond donors (Lipinski definition) is 0. The molecule has 2 nitrogen and oxygen atoms in total. The quantitative estimate of drug-likeness (QED) is 0.594. The monoisotopic (exact) mass is 330 g/mol. The van der Waals surface area contributed by atoms with Crippen LogP contribution in [-0.2, 0) is 6.42 Å². The summed E-state index contributed by atoms with van der Waals surface area (Å²) in [6.07, 6.45) is 2.74. The summed E-state index contributed by atoms with van der Waals surface area (Å²) in [6.45, 7) is 15.7. The lowest BCUT2D eigenvalue weighted by Crippen LogP contribution is -2.44. The average molecular weight is 331 g/mol. The van der Waals surface area contributed by atoms with Crippen molar-refractivity contribution in [1.82, 2.24) is 0 Å². The Hall–Kier alpha value is -1.48. The fourth-order valence-electron chi connectivity index (χ4n) is 2.31. The first-order valence-corrected chi connectivity index (χ1v) is 11.4. The standard InChI is InChI=1S/C20H30O2Si/c1-15(2)18-14-21-19(22-23(6,7)20(3,4)5)17(18)13-16-11-9-8-10-12-16/h8-12,14-15H,13H2,1-7H3. The Labute approximate surface area is 142 Å². The van der Waals surface area contributed by atoms with Gasteiger partial charge in [0.05, 0.1) is 6.26 Å². The minimum Gasteiger partial charge on any atom is -0.518 e. The van der Waals surface area contributed by atoms with Crippen LogP contribution >= 0.6 is 0 Å². The summed E-state index contributed by atoms with van der Waals surface area (Å²) >= 11 is 0. The molecule has 0 bridgehead atoms. The van der Waals surface area contributed by atoms with Gasteiger partial charge in [-0.3, -0.25) is 0 Å². The van der Waals surface area contributed by atoms with Gasteiger partial charge in [0.2, 0.25) is 0 Å². The molecule has 126 valence electrons. The first-order chi connectivity index (χ1) is 10.6. The lowest BCUT2D eigenvalue weighted by atomic mass is 9.97. The molecule has 0 saturated carbocycles. The van der Waals surface area contributed by atoms with Crippen LogP contribution in [0.4, 0.5) is 0 Å². The third-order valence-electron chi connectivity index (χ3n) is 4.89. The smallest absolute Gasteiger partial charge is 0.274 e. The van der Waals surface area contributed by atoms with Crippen LogP contribution in [0.5, 0.6) is 5.95 Å². The molecule has 1 aromatic carbocycles. The maximum Gasteiger partial charge on any atom is 0.274 e. The highest BCUT2D eigenvalue weighted by Crippen LogP contribution is 2.40. The summed E-state index contributed by atoms with van der Waals surface area (Å²) in [5.74, 6) is 1.15. The number of furan rings is 1. The van der Waals surface area contributed by atoms with Crippen LogP contribution in [0.2, 0.25) is 18.1 Å². The van der Waals surface area contributed by atoms with Gasteiger partial charge in [-0.1, -0.05) is 65.0 Å². The first kappa shape index (κ1) is 17.9. The van der Waals surface area contributed by atoms with Crippen molar-refractivity contribution in [3.05, 3.63) is 53.3 Å². The molecule has 0 aliphatic heterocycles. The molecule has 1 heterocycles. The molecule has 0 atom stereocenters. The predicted molar refractivity (Wildman–Crippen MR) is 99.9 cm³/mol. The fourth-order valence-corrected chi connectivity index (χ4v) is 3.25. The van der Waals surface area contributed by atoms with E-state index in [2.05, 4.69) is 78.0 Å². The van der Waals surface area contributed by atoms with Gasteiger partial charge >= 0.3 is 0 Å². The van der Waals surface area contributed by atoms with Crippen molar-refractivity contribution >= 4 is 8.32 Å². The summed E-state index contributed by atoms with van der Waals surface area (Å²) in [5.41, 5.74) is 3.74. The zero-order chi connectivity index (χ0) is 17.3.